The van der Waals surface area contributed by atoms with Crippen molar-refractivity contribution in [3.05, 3.63) is 29.8 Å². The lowest BCUT2D eigenvalue weighted by atomic mass is 10.1. The summed E-state index contributed by atoms with van der Waals surface area (Å²) in [6.07, 6.45) is 1.57. The Morgan fingerprint density at radius 2 is 1.68 bits per heavy atom. The molecule has 1 saturated heterocycles. The Morgan fingerprint density at radius 3 is 2.21 bits per heavy atom. The van der Waals surface area contributed by atoms with E-state index in [1.54, 1.807) is 4.90 Å². The summed E-state index contributed by atoms with van der Waals surface area (Å²) in [6.45, 7) is 0.652. The number of anilines is 1. The van der Waals surface area contributed by atoms with Crippen molar-refractivity contribution in [1.29, 1.82) is 0 Å². The molecule has 0 bridgehead atoms. The van der Waals surface area contributed by atoms with Crippen molar-refractivity contribution >= 4 is 17.5 Å². The van der Waals surface area contributed by atoms with Crippen molar-refractivity contribution in [2.45, 2.75) is 12.8 Å². The minimum Gasteiger partial charge on any atom is -0.396 e. The van der Waals surface area contributed by atoms with Crippen LogP contribution in [0.1, 0.15) is 12.0 Å². The molecule has 0 radical (unpaired) electrons. The minimum atomic E-state index is -0.180. The van der Waals surface area contributed by atoms with E-state index in [-0.39, 0.29) is 31.5 Å². The number of nitrogens with zero attached hydrogens (tertiary/aromatic N) is 2. The minimum absolute atomic E-state index is 0.180. The van der Waals surface area contributed by atoms with Crippen molar-refractivity contribution in [2.24, 2.45) is 0 Å². The van der Waals surface area contributed by atoms with Gasteiger partial charge in [0, 0.05) is 19.3 Å². The highest BCUT2D eigenvalue weighted by molar-refractivity contribution is 6.02. The molecule has 1 fully saturated rings. The summed E-state index contributed by atoms with van der Waals surface area (Å²) in [6, 6.07) is 7.77. The molecule has 2 amide bonds. The fourth-order valence-corrected chi connectivity index (χ4v) is 2.07. The van der Waals surface area contributed by atoms with Crippen LogP contribution in [0.15, 0.2) is 24.3 Å². The fraction of sp³-hybridized carbons (Fsp3) is 0.429. The van der Waals surface area contributed by atoms with E-state index in [0.717, 1.165) is 24.1 Å². The summed E-state index contributed by atoms with van der Waals surface area (Å²) in [4.78, 5) is 26.2. The molecular formula is C14H18N2O3. The third kappa shape index (κ3) is 3.12. The molecule has 1 aromatic rings. The number of aliphatic hydroxyl groups excluding tert-OH is 1. The maximum absolute atomic E-state index is 11.6. The van der Waals surface area contributed by atoms with Crippen molar-refractivity contribution in [3.8, 4) is 0 Å². The first-order valence-electron chi connectivity index (χ1n) is 6.36. The number of aryl methyl sites for hydroxylation is 1. The van der Waals surface area contributed by atoms with Gasteiger partial charge >= 0.3 is 0 Å². The smallest absolute Gasteiger partial charge is 0.248 e. The molecule has 19 heavy (non-hydrogen) atoms. The Balaban J connectivity index is 2.06. The van der Waals surface area contributed by atoms with Crippen LogP contribution in [-0.4, -0.2) is 48.6 Å². The molecule has 2 rings (SSSR count). The molecule has 0 atom stereocenters. The van der Waals surface area contributed by atoms with Crippen LogP contribution in [0.3, 0.4) is 0 Å². The number of imide groups is 1. The SMILES string of the molecule is CN1C(=O)CN(c2ccc(CCCO)cc2)CC1=O. The van der Waals surface area contributed by atoms with E-state index in [0.29, 0.717) is 0 Å². The summed E-state index contributed by atoms with van der Waals surface area (Å²) in [5, 5.41) is 8.78. The lowest BCUT2D eigenvalue weighted by Crippen LogP contribution is -2.52. The van der Waals surface area contributed by atoms with Gasteiger partial charge in [-0.15, -0.1) is 0 Å². The second kappa shape index (κ2) is 5.84. The second-order valence-corrected chi connectivity index (χ2v) is 4.70. The van der Waals surface area contributed by atoms with E-state index in [2.05, 4.69) is 0 Å². The van der Waals surface area contributed by atoms with E-state index in [1.165, 1.54) is 11.9 Å². The van der Waals surface area contributed by atoms with Crippen LogP contribution in [-0.2, 0) is 16.0 Å². The van der Waals surface area contributed by atoms with Crippen LogP contribution in [0, 0.1) is 0 Å². The third-order valence-corrected chi connectivity index (χ3v) is 3.33. The first kappa shape index (κ1) is 13.5. The van der Waals surface area contributed by atoms with Crippen molar-refractivity contribution in [3.63, 3.8) is 0 Å². The van der Waals surface area contributed by atoms with Gasteiger partial charge in [0.2, 0.25) is 11.8 Å². The first-order valence-corrected chi connectivity index (χ1v) is 6.36. The molecule has 0 spiro atoms. The molecule has 1 aromatic carbocycles. The van der Waals surface area contributed by atoms with Gasteiger partial charge < -0.3 is 10.0 Å². The Kier molecular flexibility index (Phi) is 4.16. The standard InChI is InChI=1S/C14H18N2O3/c1-15-13(18)9-16(10-14(15)19)12-6-4-11(5-7-12)3-2-8-17/h4-7,17H,2-3,8-10H2,1H3. The van der Waals surface area contributed by atoms with Crippen molar-refractivity contribution in [1.82, 2.24) is 4.90 Å². The van der Waals surface area contributed by atoms with E-state index < -0.39 is 0 Å². The lowest BCUT2D eigenvalue weighted by molar-refractivity contribution is -0.143. The molecular weight excluding hydrogens is 244 g/mol. The van der Waals surface area contributed by atoms with Crippen molar-refractivity contribution < 1.29 is 14.7 Å². The number of carbonyl (C=O) groups is 2. The number of likely N-dealkylation sites (N-methyl/N-ethyl adjacent to an activating group) is 1. The summed E-state index contributed by atoms with van der Waals surface area (Å²) in [5.74, 6) is -0.360. The molecule has 5 nitrogen and oxygen atoms in total. The number of rotatable bonds is 4. The van der Waals surface area contributed by atoms with Crippen LogP contribution in [0.4, 0.5) is 5.69 Å². The molecule has 102 valence electrons. The van der Waals surface area contributed by atoms with E-state index in [4.69, 9.17) is 5.11 Å². The van der Waals surface area contributed by atoms with E-state index in [9.17, 15) is 9.59 Å². The Labute approximate surface area is 112 Å². The molecule has 0 aliphatic carbocycles. The van der Waals surface area contributed by atoms with Gasteiger partial charge in [-0.05, 0) is 30.5 Å². The highest BCUT2D eigenvalue weighted by Gasteiger charge is 2.27. The van der Waals surface area contributed by atoms with Gasteiger partial charge in [-0.3, -0.25) is 14.5 Å². The van der Waals surface area contributed by atoms with Crippen LogP contribution < -0.4 is 4.90 Å². The first-order chi connectivity index (χ1) is 9.11. The monoisotopic (exact) mass is 262 g/mol. The van der Waals surface area contributed by atoms with E-state index in [1.807, 2.05) is 24.3 Å². The number of benzene rings is 1. The van der Waals surface area contributed by atoms with Gasteiger partial charge in [-0.2, -0.15) is 0 Å². The predicted molar refractivity (Wildman–Crippen MR) is 71.8 cm³/mol. The molecule has 1 aliphatic heterocycles. The number of aliphatic hydroxyl groups is 1. The molecule has 1 aliphatic rings. The average molecular weight is 262 g/mol. The molecule has 0 saturated carbocycles. The van der Waals surface area contributed by atoms with Crippen LogP contribution >= 0.6 is 0 Å². The molecule has 1 N–H and O–H groups in total. The summed E-state index contributed by atoms with van der Waals surface area (Å²) < 4.78 is 0. The van der Waals surface area contributed by atoms with Gasteiger partial charge in [0.05, 0.1) is 13.1 Å². The molecule has 1 heterocycles. The summed E-state index contributed by atoms with van der Waals surface area (Å²) in [5.41, 5.74) is 2.02. The largest absolute Gasteiger partial charge is 0.396 e. The van der Waals surface area contributed by atoms with Gasteiger partial charge in [-0.1, -0.05) is 12.1 Å². The third-order valence-electron chi connectivity index (χ3n) is 3.33. The maximum atomic E-state index is 11.6. The number of amides is 2. The highest BCUT2D eigenvalue weighted by atomic mass is 16.3. The predicted octanol–water partition coefficient (Wildman–Crippen LogP) is 0.416. The van der Waals surface area contributed by atoms with Gasteiger partial charge in [-0.25, -0.2) is 0 Å². The zero-order chi connectivity index (χ0) is 13.8. The molecule has 0 unspecified atom stereocenters. The average Bonchev–Trinajstić information content (AvgIpc) is 2.42. The number of piperazine rings is 1. The molecule has 0 aromatic heterocycles. The second-order valence-electron chi connectivity index (χ2n) is 4.70. The summed E-state index contributed by atoms with van der Waals surface area (Å²) in [7, 11) is 1.51. The van der Waals surface area contributed by atoms with Gasteiger partial charge in [0.25, 0.3) is 0 Å². The lowest BCUT2D eigenvalue weighted by Gasteiger charge is -2.32. The maximum Gasteiger partial charge on any atom is 0.248 e. The van der Waals surface area contributed by atoms with Crippen molar-refractivity contribution in [2.75, 3.05) is 31.6 Å². The van der Waals surface area contributed by atoms with E-state index >= 15 is 0 Å². The number of hydrogen-bond donors (Lipinski definition) is 1. The topological polar surface area (TPSA) is 60.9 Å². The van der Waals surface area contributed by atoms with Crippen LogP contribution in [0.5, 0.6) is 0 Å². The Hall–Kier alpha value is -1.88. The number of hydrogen-bond acceptors (Lipinski definition) is 4. The summed E-state index contributed by atoms with van der Waals surface area (Å²) >= 11 is 0. The quantitative estimate of drug-likeness (QED) is 0.799. The van der Waals surface area contributed by atoms with Gasteiger partial charge in [0.1, 0.15) is 0 Å². The number of carbonyl (C=O) groups excluding carboxylic acids is 2. The zero-order valence-corrected chi connectivity index (χ0v) is 11.0. The normalized spacial score (nSPS) is 16.1. The highest BCUT2D eigenvalue weighted by Crippen LogP contribution is 2.18. The fourth-order valence-electron chi connectivity index (χ4n) is 2.07. The van der Waals surface area contributed by atoms with Crippen LogP contribution in [0.2, 0.25) is 0 Å². The zero-order valence-electron chi connectivity index (χ0n) is 11.0. The Morgan fingerprint density at radius 1 is 1.11 bits per heavy atom. The molecule has 5 heteroatoms. The van der Waals surface area contributed by atoms with Crippen LogP contribution in [0.25, 0.3) is 0 Å². The van der Waals surface area contributed by atoms with Gasteiger partial charge in [0.15, 0.2) is 0 Å². The Bertz CT molecular complexity index is 452.